The number of hydrogen-bond acceptors (Lipinski definition) is 5. The van der Waals surface area contributed by atoms with E-state index in [0.717, 1.165) is 20.2 Å². The molecule has 0 saturated heterocycles. The molecule has 2 amide bonds. The van der Waals surface area contributed by atoms with E-state index in [2.05, 4.69) is 5.32 Å². The van der Waals surface area contributed by atoms with Gasteiger partial charge in [0.25, 0.3) is 0 Å². The summed E-state index contributed by atoms with van der Waals surface area (Å²) in [5.74, 6) is -1.13. The second-order valence-electron chi connectivity index (χ2n) is 10.5. The summed E-state index contributed by atoms with van der Waals surface area (Å²) >= 11 is 0. The van der Waals surface area contributed by atoms with Crippen LogP contribution in [0.2, 0.25) is 0 Å². The fraction of sp³-hybridized carbons (Fsp3) is 0.355. The Kier molecular flexibility index (Phi) is 11.5. The minimum atomic E-state index is -4.29. The van der Waals surface area contributed by atoms with Gasteiger partial charge in [-0.1, -0.05) is 68.4 Å². The molecule has 0 bridgehead atoms. The molecule has 0 saturated carbocycles. The Bertz CT molecular complexity index is 1450. The molecule has 1 atom stereocenters. The van der Waals surface area contributed by atoms with Crippen LogP contribution in [0.25, 0.3) is 0 Å². The van der Waals surface area contributed by atoms with Crippen molar-refractivity contribution >= 4 is 27.7 Å². The first-order chi connectivity index (χ1) is 19.9. The normalized spacial score (nSPS) is 12.2. The number of carbonyl (C=O) groups excluding carboxylic acids is 2. The molecule has 3 aromatic rings. The van der Waals surface area contributed by atoms with E-state index in [1.807, 2.05) is 44.2 Å². The fourth-order valence-electron chi connectivity index (χ4n) is 4.30. The molecule has 0 fully saturated rings. The van der Waals surface area contributed by atoms with Crippen molar-refractivity contribution in [2.24, 2.45) is 5.92 Å². The average molecular weight is 599 g/mol. The minimum absolute atomic E-state index is 0.0181. The van der Waals surface area contributed by atoms with Crippen LogP contribution in [-0.2, 0) is 32.8 Å². The maximum absolute atomic E-state index is 14.9. The zero-order valence-electron chi connectivity index (χ0n) is 24.7. The van der Waals surface area contributed by atoms with Gasteiger partial charge in [0.05, 0.1) is 12.8 Å². The molecule has 0 heterocycles. The van der Waals surface area contributed by atoms with Crippen LogP contribution in [-0.4, -0.2) is 69.8 Å². The zero-order valence-corrected chi connectivity index (χ0v) is 25.5. The lowest BCUT2D eigenvalue weighted by Gasteiger charge is -2.34. The maximum Gasteiger partial charge on any atom is 0.304 e. The fourth-order valence-corrected chi connectivity index (χ4v) is 5.36. The first-order valence-corrected chi connectivity index (χ1v) is 15.0. The largest absolute Gasteiger partial charge is 0.497 e. The van der Waals surface area contributed by atoms with Crippen LogP contribution in [0.5, 0.6) is 5.75 Å². The Morgan fingerprint density at radius 3 is 2.19 bits per heavy atom. The number of amides is 2. The van der Waals surface area contributed by atoms with E-state index in [1.165, 1.54) is 44.3 Å². The van der Waals surface area contributed by atoms with Crippen molar-refractivity contribution in [3.8, 4) is 5.75 Å². The van der Waals surface area contributed by atoms with Crippen LogP contribution in [0.15, 0.2) is 78.9 Å². The van der Waals surface area contributed by atoms with E-state index < -0.39 is 34.5 Å². The second kappa shape index (κ2) is 14.8. The summed E-state index contributed by atoms with van der Waals surface area (Å²) in [7, 11) is -0.159. The number of halogens is 1. The number of nitrogens with zero attached hydrogens (tertiary/aromatic N) is 3. The molecule has 0 unspecified atom stereocenters. The van der Waals surface area contributed by atoms with Gasteiger partial charge in [0.2, 0.25) is 11.8 Å². The number of hydrogen-bond donors (Lipinski definition) is 1. The van der Waals surface area contributed by atoms with Gasteiger partial charge >= 0.3 is 10.2 Å². The first-order valence-electron chi connectivity index (χ1n) is 13.6. The lowest BCUT2D eigenvalue weighted by molar-refractivity contribution is -0.140. The number of methoxy groups -OCH3 is 1. The van der Waals surface area contributed by atoms with Gasteiger partial charge in [0.15, 0.2) is 0 Å². The van der Waals surface area contributed by atoms with Gasteiger partial charge in [-0.2, -0.15) is 12.7 Å². The predicted molar refractivity (Wildman–Crippen MR) is 162 cm³/mol. The van der Waals surface area contributed by atoms with Gasteiger partial charge < -0.3 is 15.0 Å². The minimum Gasteiger partial charge on any atom is -0.497 e. The number of para-hydroxylation sites is 1. The van der Waals surface area contributed by atoms with Crippen molar-refractivity contribution < 1.29 is 27.1 Å². The number of nitrogens with one attached hydrogen (secondary N) is 1. The zero-order chi connectivity index (χ0) is 30.9. The third-order valence-electron chi connectivity index (χ3n) is 6.58. The third kappa shape index (κ3) is 8.53. The lowest BCUT2D eigenvalue weighted by atomic mass is 10.0. The van der Waals surface area contributed by atoms with Crippen molar-refractivity contribution in [3.63, 3.8) is 0 Å². The molecular weight excluding hydrogens is 559 g/mol. The van der Waals surface area contributed by atoms with E-state index in [-0.39, 0.29) is 30.5 Å². The van der Waals surface area contributed by atoms with Crippen LogP contribution < -0.4 is 14.4 Å². The number of rotatable bonds is 14. The highest BCUT2D eigenvalue weighted by molar-refractivity contribution is 7.90. The topological polar surface area (TPSA) is 99.3 Å². The van der Waals surface area contributed by atoms with E-state index in [1.54, 1.807) is 24.3 Å². The molecule has 42 heavy (non-hydrogen) atoms. The lowest BCUT2D eigenvalue weighted by Crippen LogP contribution is -2.54. The SMILES string of the molecule is COc1cccc(CN(C(=O)CN(c2ccccc2F)S(=O)(=O)N(C)C)[C@H](Cc2ccccc2)C(=O)NCC(C)C)c1. The van der Waals surface area contributed by atoms with Crippen molar-refractivity contribution in [1.82, 2.24) is 14.5 Å². The smallest absolute Gasteiger partial charge is 0.304 e. The molecule has 9 nitrogen and oxygen atoms in total. The molecule has 0 radical (unpaired) electrons. The molecule has 0 spiro atoms. The van der Waals surface area contributed by atoms with E-state index in [9.17, 15) is 22.4 Å². The van der Waals surface area contributed by atoms with Crippen LogP contribution in [0.1, 0.15) is 25.0 Å². The van der Waals surface area contributed by atoms with Crippen molar-refractivity contribution in [1.29, 1.82) is 0 Å². The van der Waals surface area contributed by atoms with Crippen molar-refractivity contribution in [2.75, 3.05) is 38.6 Å². The van der Waals surface area contributed by atoms with Gasteiger partial charge in [0, 0.05) is 33.6 Å². The summed E-state index contributed by atoms with van der Waals surface area (Å²) in [6.07, 6.45) is 0.181. The highest BCUT2D eigenvalue weighted by Crippen LogP contribution is 2.25. The van der Waals surface area contributed by atoms with Gasteiger partial charge in [-0.3, -0.25) is 9.59 Å². The Morgan fingerprint density at radius 1 is 0.929 bits per heavy atom. The number of carbonyl (C=O) groups is 2. The monoisotopic (exact) mass is 598 g/mol. The molecule has 0 aliphatic carbocycles. The van der Waals surface area contributed by atoms with E-state index in [4.69, 9.17) is 4.74 Å². The summed E-state index contributed by atoms with van der Waals surface area (Å²) < 4.78 is 48.7. The second-order valence-corrected chi connectivity index (χ2v) is 12.5. The third-order valence-corrected chi connectivity index (χ3v) is 8.39. The molecule has 226 valence electrons. The highest BCUT2D eigenvalue weighted by Gasteiger charge is 2.35. The van der Waals surface area contributed by atoms with Crippen LogP contribution in [0.3, 0.4) is 0 Å². The summed E-state index contributed by atoms with van der Waals surface area (Å²) in [6, 6.07) is 20.7. The van der Waals surface area contributed by atoms with Gasteiger partial charge in [-0.25, -0.2) is 8.70 Å². The molecule has 1 N–H and O–H groups in total. The molecule has 0 aliphatic heterocycles. The summed E-state index contributed by atoms with van der Waals surface area (Å²) in [5, 5.41) is 2.93. The summed E-state index contributed by atoms with van der Waals surface area (Å²) in [4.78, 5) is 29.3. The van der Waals surface area contributed by atoms with Crippen molar-refractivity contribution in [3.05, 3.63) is 95.8 Å². The number of benzene rings is 3. The molecule has 11 heteroatoms. The Hall–Kier alpha value is -3.96. The van der Waals surface area contributed by atoms with Gasteiger partial charge in [-0.05, 0) is 41.3 Å². The summed E-state index contributed by atoms with van der Waals surface area (Å²) in [6.45, 7) is 3.57. The quantitative estimate of drug-likeness (QED) is 0.304. The van der Waals surface area contributed by atoms with Gasteiger partial charge in [0.1, 0.15) is 24.2 Å². The van der Waals surface area contributed by atoms with E-state index >= 15 is 0 Å². The molecule has 0 aliphatic rings. The Balaban J connectivity index is 2.11. The van der Waals surface area contributed by atoms with Crippen molar-refractivity contribution in [2.45, 2.75) is 32.9 Å². The van der Waals surface area contributed by atoms with E-state index in [0.29, 0.717) is 17.9 Å². The molecule has 0 aromatic heterocycles. The first kappa shape index (κ1) is 32.6. The average Bonchev–Trinajstić information content (AvgIpc) is 2.97. The predicted octanol–water partition coefficient (Wildman–Crippen LogP) is 3.86. The number of ether oxygens (including phenoxy) is 1. The molecule has 3 rings (SSSR count). The molecule has 3 aromatic carbocycles. The van der Waals surface area contributed by atoms with Crippen LogP contribution >= 0.6 is 0 Å². The Labute approximate surface area is 248 Å². The number of anilines is 1. The molecular formula is C31H39FN4O5S. The maximum atomic E-state index is 14.9. The summed E-state index contributed by atoms with van der Waals surface area (Å²) in [5.41, 5.74) is 1.22. The van der Waals surface area contributed by atoms with Gasteiger partial charge in [-0.15, -0.1) is 0 Å². The Morgan fingerprint density at radius 2 is 1.57 bits per heavy atom. The van der Waals surface area contributed by atoms with Crippen LogP contribution in [0.4, 0.5) is 10.1 Å². The standard InChI is InChI=1S/C31H39FN4O5S/c1-23(2)20-33-31(38)29(19-24-12-7-6-8-13-24)35(21-25-14-11-15-26(18-25)41-5)30(37)22-36(42(39,40)34(3)4)28-17-10-9-16-27(28)32/h6-18,23,29H,19-22H2,1-5H3,(H,33,38)/t29-/m1/s1. The van der Waals surface area contributed by atoms with Crippen LogP contribution in [0, 0.1) is 11.7 Å². The highest BCUT2D eigenvalue weighted by atomic mass is 32.2.